The van der Waals surface area contributed by atoms with E-state index in [0.717, 1.165) is 48.5 Å². The number of hydrogen-bond donors (Lipinski definition) is 0. The zero-order valence-electron chi connectivity index (χ0n) is 54.4. The molecular weight excluding hydrogens is 1500 g/mol. The number of nitrogens with zero attached hydrogens (tertiary/aromatic N) is 2. The zero-order valence-corrected chi connectivity index (χ0v) is 59.2. The second-order valence-electron chi connectivity index (χ2n) is 21.1. The lowest BCUT2D eigenvalue weighted by atomic mass is 9.84. The number of halogens is 15. The maximum absolute atomic E-state index is 14.8. The molecule has 0 bridgehead atoms. The standard InChI is InChI=1S/C34H32F6NO6.C32H26Br2F6O6.C2H3N.BrH/c1-41(2)13-17-23(15-9-19(35)27(39)20(36)10-15)29(42-3)33(46-7)31(44-5)25(17)26-18(14-41)24(16-11-21(37)28(40)22(38)12-16)30(43-4)34(47-8)32(26)45-6;1-41-27-21(13-7-17(35)25(39)18(36)8-13)15(11-33)23(29(43-3)31(27)45-5)24-16(12-34)22(14-9-19(37)26(40)20(38)10-14)28(42-2)32(46-6)30(24)44-4;1-2-3;/h9-12H,13-14H2,1-8H3;7-10H,11-12H2,1-6H3;1H3;1H/q+1;;;/p-1. The van der Waals surface area contributed by atoms with Crippen LogP contribution >= 0.6 is 31.9 Å². The number of fused-ring (bicyclic) bond motifs is 3. The fourth-order valence-corrected chi connectivity index (χ4v) is 12.9. The van der Waals surface area contributed by atoms with Gasteiger partial charge in [-0.2, -0.15) is 5.26 Å². The van der Waals surface area contributed by atoms with Crippen molar-refractivity contribution in [3.05, 3.63) is 141 Å². The Morgan fingerprint density at radius 3 is 0.670 bits per heavy atom. The molecule has 0 N–H and O–H groups in total. The molecule has 97 heavy (non-hydrogen) atoms. The molecule has 29 heteroatoms. The average molecular weight is 1570 g/mol. The van der Waals surface area contributed by atoms with Gasteiger partial charge in [0.2, 0.25) is 23.0 Å². The molecule has 1 aliphatic heterocycles. The number of ether oxygens (including phenoxy) is 12. The Morgan fingerprint density at radius 2 is 0.485 bits per heavy atom. The lowest BCUT2D eigenvalue weighted by Gasteiger charge is -2.31. The Hall–Kier alpha value is -8.59. The van der Waals surface area contributed by atoms with Gasteiger partial charge in [-0.25, -0.2) is 52.7 Å². The summed E-state index contributed by atoms with van der Waals surface area (Å²) in [4.78, 5) is 0. The third-order valence-corrected chi connectivity index (χ3v) is 16.5. The van der Waals surface area contributed by atoms with E-state index in [2.05, 4.69) is 31.9 Å². The maximum atomic E-state index is 14.8. The van der Waals surface area contributed by atoms with Crippen molar-refractivity contribution in [2.24, 2.45) is 0 Å². The fraction of sp³-hybridized carbons (Fsp3) is 0.279. The minimum atomic E-state index is -1.67. The number of benzene rings is 8. The highest BCUT2D eigenvalue weighted by atomic mass is 79.9. The largest absolute Gasteiger partial charge is 1.00 e. The van der Waals surface area contributed by atoms with Gasteiger partial charge in [0.05, 0.1) is 105 Å². The minimum absolute atomic E-state index is 0. The van der Waals surface area contributed by atoms with Gasteiger partial charge in [0.25, 0.3) is 0 Å². The Labute approximate surface area is 577 Å². The fourth-order valence-electron chi connectivity index (χ4n) is 11.8. The third-order valence-electron chi connectivity index (χ3n) is 15.4. The molecule has 0 aliphatic carbocycles. The molecule has 0 fully saturated rings. The van der Waals surface area contributed by atoms with Gasteiger partial charge in [-0.3, -0.25) is 0 Å². The first-order valence-corrected chi connectivity index (χ1v) is 30.2. The van der Waals surface area contributed by atoms with Crippen LogP contribution in [0.3, 0.4) is 0 Å². The van der Waals surface area contributed by atoms with Crippen molar-refractivity contribution < 1.29 is 131 Å². The first-order chi connectivity index (χ1) is 45.7. The summed E-state index contributed by atoms with van der Waals surface area (Å²) >= 11 is 6.93. The second kappa shape index (κ2) is 32.2. The molecule has 8 aromatic rings. The Balaban J connectivity index is 0.000000292. The van der Waals surface area contributed by atoms with Crippen LogP contribution in [0.15, 0.2) is 48.5 Å². The van der Waals surface area contributed by atoms with Gasteiger partial charge >= 0.3 is 0 Å². The van der Waals surface area contributed by atoms with Crippen molar-refractivity contribution in [1.82, 2.24) is 0 Å². The van der Waals surface area contributed by atoms with Crippen molar-refractivity contribution in [2.45, 2.75) is 30.7 Å². The summed E-state index contributed by atoms with van der Waals surface area (Å²) in [6.07, 6.45) is 0. The third kappa shape index (κ3) is 14.0. The van der Waals surface area contributed by atoms with Gasteiger partial charge in [-0.1, -0.05) is 31.9 Å². The molecule has 0 saturated heterocycles. The minimum Gasteiger partial charge on any atom is -1.00 e. The number of methoxy groups -OCH3 is 12. The predicted molar refractivity (Wildman–Crippen MR) is 340 cm³/mol. The lowest BCUT2D eigenvalue weighted by Crippen LogP contribution is -3.00. The van der Waals surface area contributed by atoms with Crippen LogP contribution < -0.4 is 73.8 Å². The highest BCUT2D eigenvalue weighted by molar-refractivity contribution is 9.08. The number of nitriles is 1. The van der Waals surface area contributed by atoms with E-state index in [1.54, 1.807) is 6.07 Å². The SMILES string of the molecule is CC#N.COc1c(OC)c(-c2cc(F)c(F)c(F)c2)c(CBr)c(-c2c(CBr)c(-c3cc(F)c(F)c(F)c3)c(OC)c(OC)c2OC)c1OC.COc1c(OC)c(-c2cc(F)c(F)c(F)c2)c2c(c1OC)-c1c(c(-c3cc(F)c(F)c(F)c3)c(OC)c(OC)c1OC)C[N+](C)(C)C2.[Br-]. The maximum Gasteiger partial charge on any atom is 0.204 e. The molecule has 0 aromatic heterocycles. The average Bonchev–Trinajstić information content (AvgIpc) is 1.69. The van der Waals surface area contributed by atoms with Gasteiger partial charge in [-0.05, 0) is 81.9 Å². The zero-order chi connectivity index (χ0) is 71.3. The smallest absolute Gasteiger partial charge is 0.204 e. The lowest BCUT2D eigenvalue weighted by molar-refractivity contribution is -0.916. The van der Waals surface area contributed by atoms with Crippen molar-refractivity contribution in [1.29, 1.82) is 5.26 Å². The molecule has 0 radical (unpaired) electrons. The molecule has 0 atom stereocenters. The van der Waals surface area contributed by atoms with Crippen LogP contribution in [-0.4, -0.2) is 104 Å². The van der Waals surface area contributed by atoms with E-state index in [-0.39, 0.29) is 181 Å². The van der Waals surface area contributed by atoms with Gasteiger partial charge in [-0.15, -0.1) is 0 Å². The monoisotopic (exact) mass is 1560 g/mol. The normalized spacial score (nSPS) is 11.8. The van der Waals surface area contributed by atoms with Crippen molar-refractivity contribution >= 4 is 31.9 Å². The molecule has 8 aromatic carbocycles. The number of quaternary nitrogens is 1. The van der Waals surface area contributed by atoms with Gasteiger partial charge < -0.3 is 78.3 Å². The summed E-state index contributed by atoms with van der Waals surface area (Å²) in [5.41, 5.74) is 2.53. The van der Waals surface area contributed by atoms with Gasteiger partial charge in [0.1, 0.15) is 13.1 Å². The van der Waals surface area contributed by atoms with E-state index in [9.17, 15) is 52.7 Å². The molecule has 9 rings (SSSR count). The van der Waals surface area contributed by atoms with Crippen LogP contribution in [0.1, 0.15) is 29.2 Å². The molecular formula is C68H61Br3F12N2O12. The Bertz CT molecular complexity index is 4030. The first-order valence-electron chi connectivity index (χ1n) is 27.9. The summed E-state index contributed by atoms with van der Waals surface area (Å²) in [5.74, 6) is -17.8. The van der Waals surface area contributed by atoms with Crippen LogP contribution in [0.25, 0.3) is 66.8 Å². The molecule has 14 nitrogen and oxygen atoms in total. The van der Waals surface area contributed by atoms with Crippen LogP contribution in [0.4, 0.5) is 52.7 Å². The van der Waals surface area contributed by atoms with Gasteiger partial charge in [0, 0.05) is 73.2 Å². The molecule has 520 valence electrons. The van der Waals surface area contributed by atoms with Crippen molar-refractivity contribution in [2.75, 3.05) is 99.4 Å². The Kier molecular flexibility index (Phi) is 25.7. The number of rotatable bonds is 19. The molecule has 0 spiro atoms. The quantitative estimate of drug-likeness (QED) is 0.0329. The van der Waals surface area contributed by atoms with Crippen LogP contribution in [0, 0.1) is 81.1 Å². The molecule has 0 saturated carbocycles. The van der Waals surface area contributed by atoms with E-state index in [4.69, 9.17) is 62.1 Å². The van der Waals surface area contributed by atoms with E-state index >= 15 is 0 Å². The number of hydrogen-bond acceptors (Lipinski definition) is 13. The summed E-state index contributed by atoms with van der Waals surface area (Å²) < 4.78 is 244. The van der Waals surface area contributed by atoms with E-state index < -0.39 is 69.8 Å². The van der Waals surface area contributed by atoms with Crippen LogP contribution in [0.2, 0.25) is 0 Å². The second-order valence-corrected chi connectivity index (χ2v) is 22.2. The number of alkyl halides is 2. The van der Waals surface area contributed by atoms with Gasteiger partial charge in [0.15, 0.2) is 116 Å². The summed E-state index contributed by atoms with van der Waals surface area (Å²) in [6, 6.07) is 8.31. The first kappa shape index (κ1) is 77.4. The highest BCUT2D eigenvalue weighted by Crippen LogP contribution is 2.64. The predicted octanol–water partition coefficient (Wildman–Crippen LogP) is 14.6. The Morgan fingerprint density at radius 1 is 0.320 bits per heavy atom. The van der Waals surface area contributed by atoms with Crippen molar-refractivity contribution in [3.8, 4) is 142 Å². The molecule has 1 heterocycles. The molecule has 1 aliphatic rings. The topological polar surface area (TPSA) is 135 Å². The summed E-state index contributed by atoms with van der Waals surface area (Å²) in [5, 5.41) is 7.27. The van der Waals surface area contributed by atoms with E-state index in [1.807, 2.05) is 14.1 Å². The van der Waals surface area contributed by atoms with Crippen LogP contribution in [0.5, 0.6) is 69.0 Å². The van der Waals surface area contributed by atoms with Crippen molar-refractivity contribution in [3.63, 3.8) is 0 Å². The highest BCUT2D eigenvalue weighted by Gasteiger charge is 2.43. The summed E-state index contributed by atoms with van der Waals surface area (Å²) in [6.45, 7) is 1.70. The molecule has 0 unspecified atom stereocenters. The van der Waals surface area contributed by atoms with E-state index in [0.29, 0.717) is 22.3 Å². The molecule has 0 amide bonds. The summed E-state index contributed by atoms with van der Waals surface area (Å²) in [7, 11) is 19.6. The van der Waals surface area contributed by atoms with Crippen LogP contribution in [-0.2, 0) is 23.7 Å². The van der Waals surface area contributed by atoms with E-state index in [1.165, 1.54) is 92.2 Å².